The van der Waals surface area contributed by atoms with Crippen molar-refractivity contribution in [3.8, 4) is 11.3 Å². The van der Waals surface area contributed by atoms with Crippen LogP contribution in [-0.4, -0.2) is 23.5 Å². The molecule has 0 spiro atoms. The molecule has 3 aromatic rings. The van der Waals surface area contributed by atoms with Crippen molar-refractivity contribution >= 4 is 21.7 Å². The van der Waals surface area contributed by atoms with E-state index >= 15 is 0 Å². The first-order chi connectivity index (χ1) is 11.1. The quantitative estimate of drug-likeness (QED) is 0.744. The van der Waals surface area contributed by atoms with Crippen molar-refractivity contribution < 1.29 is 13.2 Å². The van der Waals surface area contributed by atoms with Crippen LogP contribution < -0.4 is 5.32 Å². The fourth-order valence-corrected chi connectivity index (χ4v) is 3.97. The maximum absolute atomic E-state index is 12.8. The third-order valence-corrected chi connectivity index (χ3v) is 5.27. The lowest BCUT2D eigenvalue weighted by Crippen LogP contribution is -2.14. The normalized spacial score (nSPS) is 15.2. The van der Waals surface area contributed by atoms with Crippen LogP contribution in [-0.2, 0) is 10.0 Å². The van der Waals surface area contributed by atoms with Crippen LogP contribution in [0.15, 0.2) is 65.6 Å². The summed E-state index contributed by atoms with van der Waals surface area (Å²) in [5.74, 6) is -0.340. The SMILES string of the molecule is O=C1Nc2cc(-c3ccccc3)nn2S(=O)(=O)c2ccccc21. The monoisotopic (exact) mass is 325 g/mol. The summed E-state index contributed by atoms with van der Waals surface area (Å²) >= 11 is 0. The predicted octanol–water partition coefficient (Wildman–Crippen LogP) is 2.35. The van der Waals surface area contributed by atoms with Crippen molar-refractivity contribution in [2.24, 2.45) is 0 Å². The lowest BCUT2D eigenvalue weighted by Gasteiger charge is -2.05. The highest BCUT2D eigenvalue weighted by Gasteiger charge is 2.31. The van der Waals surface area contributed by atoms with Crippen molar-refractivity contribution in [1.29, 1.82) is 0 Å². The summed E-state index contributed by atoms with van der Waals surface area (Å²) in [7, 11) is -3.94. The van der Waals surface area contributed by atoms with Crippen LogP contribution in [0.25, 0.3) is 11.3 Å². The molecule has 1 aliphatic heterocycles. The van der Waals surface area contributed by atoms with Gasteiger partial charge in [-0.2, -0.15) is 13.5 Å². The van der Waals surface area contributed by atoms with Crippen molar-refractivity contribution in [3.05, 3.63) is 66.2 Å². The predicted molar refractivity (Wildman–Crippen MR) is 84.6 cm³/mol. The molecular formula is C16H11N3O3S. The Balaban J connectivity index is 1.97. The van der Waals surface area contributed by atoms with Crippen molar-refractivity contribution in [3.63, 3.8) is 0 Å². The zero-order valence-electron chi connectivity index (χ0n) is 11.8. The van der Waals surface area contributed by atoms with E-state index in [4.69, 9.17) is 0 Å². The molecule has 0 saturated heterocycles. The smallest absolute Gasteiger partial charge is 0.285 e. The first-order valence-electron chi connectivity index (χ1n) is 6.89. The minimum Gasteiger partial charge on any atom is -0.306 e. The lowest BCUT2D eigenvalue weighted by atomic mass is 10.1. The molecule has 114 valence electrons. The molecule has 0 fully saturated rings. The van der Waals surface area contributed by atoms with E-state index in [0.29, 0.717) is 5.69 Å². The molecule has 6 nitrogen and oxygen atoms in total. The Hall–Kier alpha value is -2.93. The lowest BCUT2D eigenvalue weighted by molar-refractivity contribution is 0.102. The first-order valence-corrected chi connectivity index (χ1v) is 8.33. The number of carbonyl (C=O) groups is 1. The fraction of sp³-hybridized carbons (Fsp3) is 0. The molecule has 23 heavy (non-hydrogen) atoms. The van der Waals surface area contributed by atoms with Gasteiger partial charge in [-0.3, -0.25) is 4.79 Å². The number of rotatable bonds is 1. The zero-order valence-corrected chi connectivity index (χ0v) is 12.6. The topological polar surface area (TPSA) is 81.1 Å². The highest BCUT2D eigenvalue weighted by Crippen LogP contribution is 2.30. The number of hydrogen-bond donors (Lipinski definition) is 1. The molecule has 1 amide bonds. The van der Waals surface area contributed by atoms with Crippen LogP contribution >= 0.6 is 0 Å². The van der Waals surface area contributed by atoms with E-state index < -0.39 is 15.9 Å². The van der Waals surface area contributed by atoms with E-state index in [2.05, 4.69) is 10.4 Å². The highest BCUT2D eigenvalue weighted by atomic mass is 32.2. The van der Waals surface area contributed by atoms with Crippen molar-refractivity contribution in [1.82, 2.24) is 9.19 Å². The second-order valence-electron chi connectivity index (χ2n) is 5.08. The van der Waals surface area contributed by atoms with Crippen LogP contribution in [0.4, 0.5) is 5.82 Å². The van der Waals surface area contributed by atoms with E-state index in [1.54, 1.807) is 18.2 Å². The van der Waals surface area contributed by atoms with E-state index in [1.165, 1.54) is 12.1 Å². The van der Waals surface area contributed by atoms with Crippen molar-refractivity contribution in [2.45, 2.75) is 4.90 Å². The third kappa shape index (κ3) is 2.05. The molecule has 0 bridgehead atoms. The number of nitrogens with one attached hydrogen (secondary N) is 1. The average Bonchev–Trinajstić information content (AvgIpc) is 2.97. The number of benzene rings is 2. The van der Waals surface area contributed by atoms with Crippen LogP contribution in [0.3, 0.4) is 0 Å². The number of carbonyl (C=O) groups excluding carboxylic acids is 1. The zero-order chi connectivity index (χ0) is 16.0. The fourth-order valence-electron chi connectivity index (χ4n) is 2.54. The van der Waals surface area contributed by atoms with Gasteiger partial charge in [-0.25, -0.2) is 0 Å². The molecule has 2 heterocycles. The number of nitrogens with zero attached hydrogens (tertiary/aromatic N) is 2. The number of fused-ring (bicyclic) bond motifs is 2. The molecule has 0 saturated carbocycles. The molecule has 0 radical (unpaired) electrons. The van der Waals surface area contributed by atoms with Crippen LogP contribution in [0.1, 0.15) is 10.4 Å². The minimum atomic E-state index is -3.94. The van der Waals surface area contributed by atoms with Gasteiger partial charge < -0.3 is 5.32 Å². The highest BCUT2D eigenvalue weighted by molar-refractivity contribution is 7.90. The van der Waals surface area contributed by atoms with Gasteiger partial charge in [0.25, 0.3) is 15.9 Å². The molecule has 0 aliphatic carbocycles. The van der Waals surface area contributed by atoms with Crippen LogP contribution in [0.5, 0.6) is 0 Å². The van der Waals surface area contributed by atoms with Crippen LogP contribution in [0, 0.1) is 0 Å². The third-order valence-electron chi connectivity index (χ3n) is 3.63. The van der Waals surface area contributed by atoms with Crippen LogP contribution in [0.2, 0.25) is 0 Å². The molecule has 1 N–H and O–H groups in total. The second kappa shape index (κ2) is 4.79. The first kappa shape index (κ1) is 13.7. The van der Waals surface area contributed by atoms with Gasteiger partial charge in [-0.15, -0.1) is 4.09 Å². The Kier molecular flexibility index (Phi) is 2.85. The van der Waals surface area contributed by atoms with Crippen molar-refractivity contribution in [2.75, 3.05) is 5.32 Å². The summed E-state index contributed by atoms with van der Waals surface area (Å²) in [6.45, 7) is 0. The molecule has 1 aliphatic rings. The van der Waals surface area contributed by atoms with Gasteiger partial charge in [-0.05, 0) is 12.1 Å². The van der Waals surface area contributed by atoms with Gasteiger partial charge in [-0.1, -0.05) is 42.5 Å². The summed E-state index contributed by atoms with van der Waals surface area (Å²) in [6.07, 6.45) is 0. The maximum atomic E-state index is 12.8. The molecule has 0 unspecified atom stereocenters. The number of hydrogen-bond acceptors (Lipinski definition) is 4. The number of aromatic nitrogens is 2. The number of anilines is 1. The van der Waals surface area contributed by atoms with E-state index in [-0.39, 0.29) is 16.3 Å². The van der Waals surface area contributed by atoms with Gasteiger partial charge in [0, 0.05) is 11.6 Å². The largest absolute Gasteiger partial charge is 0.306 e. The second-order valence-corrected chi connectivity index (χ2v) is 6.81. The Morgan fingerprint density at radius 1 is 0.957 bits per heavy atom. The summed E-state index contributed by atoms with van der Waals surface area (Å²) in [5, 5.41) is 6.79. The van der Waals surface area contributed by atoms with Gasteiger partial charge in [0.05, 0.1) is 11.3 Å². The summed E-state index contributed by atoms with van der Waals surface area (Å²) < 4.78 is 26.5. The molecular weight excluding hydrogens is 314 g/mol. The standard InChI is InChI=1S/C16H11N3O3S/c20-16-12-8-4-5-9-14(12)23(21,22)19-15(17-16)10-13(18-19)11-6-2-1-3-7-11/h1-10H,(H,17,20). The van der Waals surface area contributed by atoms with E-state index in [0.717, 1.165) is 9.65 Å². The van der Waals surface area contributed by atoms with E-state index in [9.17, 15) is 13.2 Å². The summed E-state index contributed by atoms with van der Waals surface area (Å²) in [4.78, 5) is 12.2. The Labute approximate surface area is 132 Å². The minimum absolute atomic E-state index is 0.0565. The molecule has 2 aromatic carbocycles. The van der Waals surface area contributed by atoms with Gasteiger partial charge >= 0.3 is 0 Å². The summed E-state index contributed by atoms with van der Waals surface area (Å²) in [6, 6.07) is 16.8. The van der Waals surface area contributed by atoms with Gasteiger partial charge in [0.15, 0.2) is 0 Å². The van der Waals surface area contributed by atoms with E-state index in [1.807, 2.05) is 30.3 Å². The molecule has 4 rings (SSSR count). The Morgan fingerprint density at radius 2 is 1.65 bits per heavy atom. The van der Waals surface area contributed by atoms with Gasteiger partial charge in [0.2, 0.25) is 0 Å². The average molecular weight is 325 g/mol. The Morgan fingerprint density at radius 3 is 2.43 bits per heavy atom. The molecule has 7 heteroatoms. The molecule has 0 atom stereocenters. The number of amides is 1. The molecule has 1 aromatic heterocycles. The maximum Gasteiger partial charge on any atom is 0.285 e. The Bertz CT molecular complexity index is 1020. The summed E-state index contributed by atoms with van der Waals surface area (Å²) in [5.41, 5.74) is 1.36. The van der Waals surface area contributed by atoms with Gasteiger partial charge in [0.1, 0.15) is 10.7 Å².